The highest BCUT2D eigenvalue weighted by Gasteiger charge is 2.22. The van der Waals surface area contributed by atoms with Gasteiger partial charge >= 0.3 is 5.97 Å². The normalized spacial score (nSPS) is 12.8. The van der Waals surface area contributed by atoms with Gasteiger partial charge in [0.2, 0.25) is 5.91 Å². The number of amides is 1. The second kappa shape index (κ2) is 5.59. The minimum absolute atomic E-state index is 0.187. The van der Waals surface area contributed by atoms with Crippen molar-refractivity contribution in [3.05, 3.63) is 41.7 Å². The van der Waals surface area contributed by atoms with Crippen LogP contribution in [-0.2, 0) is 17.8 Å². The van der Waals surface area contributed by atoms with Gasteiger partial charge in [-0.3, -0.25) is 4.79 Å². The molecule has 6 nitrogen and oxygen atoms in total. The van der Waals surface area contributed by atoms with Crippen LogP contribution >= 0.6 is 0 Å². The number of nitrogens with zero attached hydrogens (tertiary/aromatic N) is 2. The number of carbonyl (C=O) groups excluding carboxylic acids is 2. The summed E-state index contributed by atoms with van der Waals surface area (Å²) in [4.78, 5) is 27.2. The molecule has 3 rings (SSSR count). The molecule has 0 radical (unpaired) electrons. The first kappa shape index (κ1) is 14.2. The molecular weight excluding hydrogens is 289 g/mol. The zero-order valence-electron chi connectivity index (χ0n) is 11.9. The van der Waals surface area contributed by atoms with E-state index in [9.17, 15) is 14.0 Å². The van der Waals surface area contributed by atoms with Gasteiger partial charge in [-0.15, -0.1) is 0 Å². The number of benzene rings is 1. The summed E-state index contributed by atoms with van der Waals surface area (Å²) in [5, 5.41) is 2.45. The molecule has 0 aliphatic carbocycles. The Morgan fingerprint density at radius 3 is 2.95 bits per heavy atom. The lowest BCUT2D eigenvalue weighted by atomic mass is 10.3. The number of rotatable bonds is 3. The van der Waals surface area contributed by atoms with Crippen LogP contribution in [0, 0.1) is 5.82 Å². The fraction of sp³-hybridized carbons (Fsp3) is 0.267. The Morgan fingerprint density at radius 2 is 2.23 bits per heavy atom. The zero-order valence-corrected chi connectivity index (χ0v) is 11.9. The fourth-order valence-electron chi connectivity index (χ4n) is 2.44. The fourth-order valence-corrected chi connectivity index (χ4v) is 2.44. The van der Waals surface area contributed by atoms with Gasteiger partial charge in [0.25, 0.3) is 0 Å². The Balaban J connectivity index is 1.78. The molecule has 1 aromatic heterocycles. The minimum atomic E-state index is -0.722. The van der Waals surface area contributed by atoms with E-state index >= 15 is 0 Å². The van der Waals surface area contributed by atoms with Gasteiger partial charge in [-0.25, -0.2) is 14.2 Å². The van der Waals surface area contributed by atoms with Crippen molar-refractivity contribution in [3.63, 3.8) is 0 Å². The summed E-state index contributed by atoms with van der Waals surface area (Å²) in [5.41, 5.74) is 0.618. The van der Waals surface area contributed by atoms with Gasteiger partial charge < -0.3 is 14.6 Å². The summed E-state index contributed by atoms with van der Waals surface area (Å²) in [7, 11) is 0. The van der Waals surface area contributed by atoms with E-state index in [1.807, 2.05) is 0 Å². The first-order chi connectivity index (χ1) is 10.5. The maximum absolute atomic E-state index is 13.9. The van der Waals surface area contributed by atoms with Gasteiger partial charge in [-0.05, 0) is 18.6 Å². The third-order valence-corrected chi connectivity index (χ3v) is 3.38. The van der Waals surface area contributed by atoms with Crippen molar-refractivity contribution in [1.29, 1.82) is 0 Å². The number of nitrogens with one attached hydrogen (secondary N) is 1. The quantitative estimate of drug-likeness (QED) is 0.696. The van der Waals surface area contributed by atoms with Crippen LogP contribution in [0.25, 0.3) is 0 Å². The molecule has 7 heteroatoms. The minimum Gasteiger partial charge on any atom is -0.419 e. The first-order valence-electron chi connectivity index (χ1n) is 6.88. The van der Waals surface area contributed by atoms with E-state index in [0.29, 0.717) is 17.9 Å². The smallest absolute Gasteiger partial charge is 0.362 e. The molecule has 1 amide bonds. The van der Waals surface area contributed by atoms with Gasteiger partial charge in [0.1, 0.15) is 11.5 Å². The molecule has 1 aliphatic rings. The van der Waals surface area contributed by atoms with E-state index < -0.39 is 11.8 Å². The van der Waals surface area contributed by atoms with Crippen LogP contribution in [0.4, 0.5) is 10.1 Å². The summed E-state index contributed by atoms with van der Waals surface area (Å²) in [6.45, 7) is 2.04. The van der Waals surface area contributed by atoms with Crippen LogP contribution < -0.4 is 10.1 Å². The predicted molar refractivity (Wildman–Crippen MR) is 76.2 cm³/mol. The van der Waals surface area contributed by atoms with E-state index in [1.165, 1.54) is 25.3 Å². The summed E-state index contributed by atoms with van der Waals surface area (Å²) >= 11 is 0. The Morgan fingerprint density at radius 1 is 1.41 bits per heavy atom. The van der Waals surface area contributed by atoms with E-state index in [4.69, 9.17) is 4.74 Å². The van der Waals surface area contributed by atoms with Crippen molar-refractivity contribution in [1.82, 2.24) is 9.55 Å². The molecule has 1 aliphatic heterocycles. The Labute approximate surface area is 125 Å². The molecule has 0 bridgehead atoms. The van der Waals surface area contributed by atoms with E-state index in [-0.39, 0.29) is 11.7 Å². The summed E-state index contributed by atoms with van der Waals surface area (Å²) in [6, 6.07) is 3.87. The molecule has 1 N–H and O–H groups in total. The number of esters is 1. The maximum Gasteiger partial charge on any atom is 0.362 e. The first-order valence-corrected chi connectivity index (χ1v) is 6.88. The number of imidazole rings is 1. The average Bonchev–Trinajstić information content (AvgIpc) is 3.03. The van der Waals surface area contributed by atoms with Crippen molar-refractivity contribution in [2.75, 3.05) is 5.32 Å². The molecule has 114 valence electrons. The third kappa shape index (κ3) is 2.69. The number of anilines is 1. The monoisotopic (exact) mass is 303 g/mol. The third-order valence-electron chi connectivity index (χ3n) is 3.38. The van der Waals surface area contributed by atoms with Crippen LogP contribution in [0.3, 0.4) is 0 Å². The van der Waals surface area contributed by atoms with Gasteiger partial charge in [0.15, 0.2) is 11.6 Å². The summed E-state index contributed by atoms with van der Waals surface area (Å²) in [5.74, 6) is -1.02. The van der Waals surface area contributed by atoms with Crippen LogP contribution in [0.15, 0.2) is 24.4 Å². The molecule has 2 aromatic rings. The zero-order chi connectivity index (χ0) is 15.7. The van der Waals surface area contributed by atoms with Crippen molar-refractivity contribution < 1.29 is 18.7 Å². The topological polar surface area (TPSA) is 73.2 Å². The standard InChI is InChI=1S/C15H14FN3O3/c1-9(20)18-10-4-5-13(11(16)7-10)22-15(21)12-8-17-14-3-2-6-19(12)14/h4-5,7-8H,2-3,6H2,1H3,(H,18,20). The molecule has 2 heterocycles. The molecule has 0 saturated heterocycles. The number of aryl methyl sites for hydroxylation is 1. The van der Waals surface area contributed by atoms with E-state index in [1.54, 1.807) is 4.57 Å². The van der Waals surface area contributed by atoms with Crippen molar-refractivity contribution in [2.24, 2.45) is 0 Å². The largest absolute Gasteiger partial charge is 0.419 e. The van der Waals surface area contributed by atoms with Crippen LogP contribution in [0.1, 0.15) is 29.7 Å². The second-order valence-electron chi connectivity index (χ2n) is 5.03. The van der Waals surface area contributed by atoms with E-state index in [2.05, 4.69) is 10.3 Å². The molecule has 0 unspecified atom stereocenters. The molecule has 0 atom stereocenters. The number of hydrogen-bond donors (Lipinski definition) is 1. The predicted octanol–water partition coefficient (Wildman–Crippen LogP) is 2.15. The maximum atomic E-state index is 13.9. The Kier molecular flexibility index (Phi) is 3.62. The summed E-state index contributed by atoms with van der Waals surface area (Å²) in [6.07, 6.45) is 3.21. The lowest BCUT2D eigenvalue weighted by Gasteiger charge is -2.08. The summed E-state index contributed by atoms with van der Waals surface area (Å²) < 4.78 is 20.8. The van der Waals surface area contributed by atoms with Gasteiger partial charge in [-0.1, -0.05) is 0 Å². The van der Waals surface area contributed by atoms with Gasteiger partial charge in [0.05, 0.1) is 6.20 Å². The van der Waals surface area contributed by atoms with Crippen LogP contribution in [-0.4, -0.2) is 21.4 Å². The van der Waals surface area contributed by atoms with Gasteiger partial charge in [0, 0.05) is 31.6 Å². The van der Waals surface area contributed by atoms with Crippen molar-refractivity contribution >= 4 is 17.6 Å². The molecule has 1 aromatic carbocycles. The lowest BCUT2D eigenvalue weighted by Crippen LogP contribution is -2.14. The molecule has 0 saturated carbocycles. The lowest BCUT2D eigenvalue weighted by molar-refractivity contribution is -0.114. The number of fused-ring (bicyclic) bond motifs is 1. The SMILES string of the molecule is CC(=O)Nc1ccc(OC(=O)c2cnc3n2CCC3)c(F)c1. The highest BCUT2D eigenvalue weighted by Crippen LogP contribution is 2.23. The second-order valence-corrected chi connectivity index (χ2v) is 5.03. The Hall–Kier alpha value is -2.70. The molecule has 22 heavy (non-hydrogen) atoms. The Bertz CT molecular complexity index is 754. The number of carbonyl (C=O) groups is 2. The molecule has 0 fully saturated rings. The van der Waals surface area contributed by atoms with Crippen LogP contribution in [0.2, 0.25) is 0 Å². The van der Waals surface area contributed by atoms with Crippen molar-refractivity contribution in [3.8, 4) is 5.75 Å². The average molecular weight is 303 g/mol. The molecular formula is C15H14FN3O3. The number of aromatic nitrogens is 2. The van der Waals surface area contributed by atoms with E-state index in [0.717, 1.165) is 24.7 Å². The highest BCUT2D eigenvalue weighted by molar-refractivity contribution is 5.90. The highest BCUT2D eigenvalue weighted by atomic mass is 19.1. The van der Waals surface area contributed by atoms with Crippen LogP contribution in [0.5, 0.6) is 5.75 Å². The number of hydrogen-bond acceptors (Lipinski definition) is 4. The molecule has 0 spiro atoms. The number of halogens is 1. The number of ether oxygens (including phenoxy) is 1. The van der Waals surface area contributed by atoms with Gasteiger partial charge in [-0.2, -0.15) is 0 Å². The van der Waals surface area contributed by atoms with Crippen molar-refractivity contribution in [2.45, 2.75) is 26.3 Å².